The molecule has 0 saturated carbocycles. The number of benzene rings is 1. The summed E-state index contributed by atoms with van der Waals surface area (Å²) in [5, 5.41) is 12.4. The summed E-state index contributed by atoms with van der Waals surface area (Å²) < 4.78 is 2.90. The summed E-state index contributed by atoms with van der Waals surface area (Å²) in [6.45, 7) is 7.12. The van der Waals surface area contributed by atoms with Crippen LogP contribution in [0.25, 0.3) is 5.69 Å². The Kier molecular flexibility index (Phi) is 4.26. The number of rotatable bonds is 3. The zero-order chi connectivity index (χ0) is 14.8. The van der Waals surface area contributed by atoms with Crippen LogP contribution >= 0.6 is 15.9 Å². The highest BCUT2D eigenvalue weighted by molar-refractivity contribution is 9.10. The summed E-state index contributed by atoms with van der Waals surface area (Å²) in [6, 6.07) is 7.68. The molecule has 2 aromatic rings. The highest BCUT2D eigenvalue weighted by Crippen LogP contribution is 2.23. The molecule has 1 aromatic heterocycles. The second-order valence-corrected chi connectivity index (χ2v) is 6.49. The number of halogens is 1. The SMILES string of the molecule is CC(C)(C)NCc1cncn1-c1ccc(C#N)cc1Br. The molecule has 5 heteroatoms. The van der Waals surface area contributed by atoms with Gasteiger partial charge in [0.25, 0.3) is 0 Å². The van der Waals surface area contributed by atoms with E-state index < -0.39 is 0 Å². The molecule has 1 heterocycles. The fourth-order valence-corrected chi connectivity index (χ4v) is 2.37. The smallest absolute Gasteiger partial charge is 0.0995 e. The minimum atomic E-state index is 0.0526. The first-order chi connectivity index (χ1) is 9.40. The summed E-state index contributed by atoms with van der Waals surface area (Å²) >= 11 is 3.51. The Morgan fingerprint density at radius 2 is 2.15 bits per heavy atom. The van der Waals surface area contributed by atoms with E-state index in [0.29, 0.717) is 5.56 Å². The van der Waals surface area contributed by atoms with Crippen LogP contribution in [0.4, 0.5) is 0 Å². The van der Waals surface area contributed by atoms with Crippen LogP contribution in [0.15, 0.2) is 35.2 Å². The maximum absolute atomic E-state index is 8.91. The molecule has 0 aliphatic rings. The second-order valence-electron chi connectivity index (χ2n) is 5.64. The molecule has 1 aromatic carbocycles. The lowest BCUT2D eigenvalue weighted by Gasteiger charge is -2.21. The van der Waals surface area contributed by atoms with Crippen molar-refractivity contribution in [2.24, 2.45) is 0 Å². The molecule has 0 unspecified atom stereocenters. The minimum absolute atomic E-state index is 0.0526. The zero-order valence-corrected chi connectivity index (χ0v) is 13.4. The predicted molar refractivity (Wildman–Crippen MR) is 82.6 cm³/mol. The molecule has 0 aliphatic carbocycles. The maximum Gasteiger partial charge on any atom is 0.0995 e. The van der Waals surface area contributed by atoms with Crippen LogP contribution in [0.5, 0.6) is 0 Å². The number of imidazole rings is 1. The number of nitrogens with zero attached hydrogens (tertiary/aromatic N) is 3. The molecule has 0 fully saturated rings. The Morgan fingerprint density at radius 1 is 1.40 bits per heavy atom. The van der Waals surface area contributed by atoms with E-state index in [-0.39, 0.29) is 5.54 Å². The van der Waals surface area contributed by atoms with Crippen LogP contribution in [-0.2, 0) is 6.54 Å². The van der Waals surface area contributed by atoms with Gasteiger partial charge in [0.15, 0.2) is 0 Å². The molecule has 0 aliphatic heterocycles. The Labute approximate surface area is 127 Å². The van der Waals surface area contributed by atoms with Crippen molar-refractivity contribution in [1.29, 1.82) is 5.26 Å². The van der Waals surface area contributed by atoms with Crippen molar-refractivity contribution in [2.75, 3.05) is 0 Å². The first-order valence-corrected chi connectivity index (χ1v) is 7.16. The quantitative estimate of drug-likeness (QED) is 0.937. The van der Waals surface area contributed by atoms with Crippen LogP contribution in [0, 0.1) is 11.3 Å². The van der Waals surface area contributed by atoms with Gasteiger partial charge in [0.2, 0.25) is 0 Å². The highest BCUT2D eigenvalue weighted by atomic mass is 79.9. The van der Waals surface area contributed by atoms with Crippen molar-refractivity contribution < 1.29 is 0 Å². The second kappa shape index (κ2) is 5.78. The van der Waals surface area contributed by atoms with E-state index in [0.717, 1.165) is 22.4 Å². The van der Waals surface area contributed by atoms with Crippen molar-refractivity contribution in [1.82, 2.24) is 14.9 Å². The molecule has 2 rings (SSSR count). The van der Waals surface area contributed by atoms with Crippen LogP contribution in [0.1, 0.15) is 32.0 Å². The normalized spacial score (nSPS) is 11.3. The third kappa shape index (κ3) is 3.47. The number of nitriles is 1. The maximum atomic E-state index is 8.91. The van der Waals surface area contributed by atoms with Gasteiger partial charge in [-0.15, -0.1) is 0 Å². The van der Waals surface area contributed by atoms with Gasteiger partial charge >= 0.3 is 0 Å². The van der Waals surface area contributed by atoms with Gasteiger partial charge in [-0.05, 0) is 54.9 Å². The van der Waals surface area contributed by atoms with Gasteiger partial charge in [-0.2, -0.15) is 5.26 Å². The van der Waals surface area contributed by atoms with Gasteiger partial charge in [0.05, 0.1) is 29.3 Å². The van der Waals surface area contributed by atoms with Gasteiger partial charge in [0.1, 0.15) is 0 Å². The monoisotopic (exact) mass is 332 g/mol. The fourth-order valence-electron chi connectivity index (χ4n) is 1.80. The molecule has 104 valence electrons. The van der Waals surface area contributed by atoms with E-state index in [2.05, 4.69) is 53.1 Å². The van der Waals surface area contributed by atoms with Gasteiger partial charge in [-0.25, -0.2) is 4.98 Å². The average Bonchev–Trinajstić information content (AvgIpc) is 2.83. The molecule has 1 N–H and O–H groups in total. The number of hydrogen-bond acceptors (Lipinski definition) is 3. The summed E-state index contributed by atoms with van der Waals surface area (Å²) in [7, 11) is 0. The van der Waals surface area contributed by atoms with E-state index in [9.17, 15) is 0 Å². The number of hydrogen-bond donors (Lipinski definition) is 1. The van der Waals surface area contributed by atoms with Crippen molar-refractivity contribution >= 4 is 15.9 Å². The topological polar surface area (TPSA) is 53.6 Å². The third-order valence-corrected chi connectivity index (χ3v) is 3.49. The van der Waals surface area contributed by atoms with Crippen molar-refractivity contribution in [3.63, 3.8) is 0 Å². The number of aromatic nitrogens is 2. The molecule has 0 spiro atoms. The Bertz CT molecular complexity index is 647. The van der Waals surface area contributed by atoms with E-state index >= 15 is 0 Å². The van der Waals surface area contributed by atoms with Crippen LogP contribution in [0.2, 0.25) is 0 Å². The lowest BCUT2D eigenvalue weighted by Crippen LogP contribution is -2.35. The summed E-state index contributed by atoms with van der Waals surface area (Å²) in [4.78, 5) is 4.22. The lowest BCUT2D eigenvalue weighted by atomic mass is 10.1. The molecular weight excluding hydrogens is 316 g/mol. The molecule has 0 bridgehead atoms. The molecule has 0 radical (unpaired) electrons. The van der Waals surface area contributed by atoms with E-state index in [1.54, 1.807) is 12.4 Å². The Balaban J connectivity index is 2.31. The average molecular weight is 333 g/mol. The molecule has 20 heavy (non-hydrogen) atoms. The minimum Gasteiger partial charge on any atom is -0.306 e. The first kappa shape index (κ1) is 14.8. The number of nitrogens with one attached hydrogen (secondary N) is 1. The largest absolute Gasteiger partial charge is 0.306 e. The van der Waals surface area contributed by atoms with Gasteiger partial charge < -0.3 is 9.88 Å². The summed E-state index contributed by atoms with van der Waals surface area (Å²) in [6.07, 6.45) is 3.63. The molecule has 0 amide bonds. The van der Waals surface area contributed by atoms with Crippen molar-refractivity contribution in [3.8, 4) is 11.8 Å². The standard InChI is InChI=1S/C15H17BrN4/c1-15(2,3)19-9-12-8-18-10-20(12)14-5-4-11(7-17)6-13(14)16/h4-6,8,10,19H,9H2,1-3H3. The van der Waals surface area contributed by atoms with Gasteiger partial charge in [0, 0.05) is 22.8 Å². The lowest BCUT2D eigenvalue weighted by molar-refractivity contribution is 0.419. The van der Waals surface area contributed by atoms with Crippen molar-refractivity contribution in [2.45, 2.75) is 32.9 Å². The molecule has 0 atom stereocenters. The predicted octanol–water partition coefficient (Wildman–Crippen LogP) is 3.39. The van der Waals surface area contributed by atoms with Crippen LogP contribution in [0.3, 0.4) is 0 Å². The zero-order valence-electron chi connectivity index (χ0n) is 11.8. The Hall–Kier alpha value is -1.64. The van der Waals surface area contributed by atoms with Gasteiger partial charge in [-0.1, -0.05) is 0 Å². The van der Waals surface area contributed by atoms with Crippen molar-refractivity contribution in [3.05, 3.63) is 46.5 Å². The highest BCUT2D eigenvalue weighted by Gasteiger charge is 2.12. The van der Waals surface area contributed by atoms with Crippen LogP contribution in [-0.4, -0.2) is 15.1 Å². The fraction of sp³-hybridized carbons (Fsp3) is 0.333. The van der Waals surface area contributed by atoms with Gasteiger partial charge in [-0.3, -0.25) is 0 Å². The first-order valence-electron chi connectivity index (χ1n) is 6.37. The molecule has 0 saturated heterocycles. The summed E-state index contributed by atoms with van der Waals surface area (Å²) in [5.74, 6) is 0. The van der Waals surface area contributed by atoms with E-state index in [1.165, 1.54) is 0 Å². The Morgan fingerprint density at radius 3 is 2.75 bits per heavy atom. The molecule has 4 nitrogen and oxygen atoms in total. The molecular formula is C15H17BrN4. The third-order valence-electron chi connectivity index (χ3n) is 2.85. The van der Waals surface area contributed by atoms with E-state index in [1.807, 2.05) is 22.9 Å². The van der Waals surface area contributed by atoms with Crippen LogP contribution < -0.4 is 5.32 Å². The summed E-state index contributed by atoms with van der Waals surface area (Å²) in [5.41, 5.74) is 2.74. The van der Waals surface area contributed by atoms with E-state index in [4.69, 9.17) is 5.26 Å².